The van der Waals surface area contributed by atoms with Gasteiger partial charge in [0.05, 0.1) is 15.6 Å². The van der Waals surface area contributed by atoms with E-state index in [9.17, 15) is 18.0 Å². The van der Waals surface area contributed by atoms with Gasteiger partial charge in [0.15, 0.2) is 0 Å². The molecule has 1 atom stereocenters. The number of carbonyl (C=O) groups is 2. The number of para-hydroxylation sites is 1. The van der Waals surface area contributed by atoms with Crippen LogP contribution in [0.25, 0.3) is 0 Å². The molecule has 1 aliphatic carbocycles. The molecule has 3 aromatic carbocycles. The third-order valence-corrected chi connectivity index (χ3v) is 9.61. The monoisotopic (exact) mass is 601 g/mol. The first-order chi connectivity index (χ1) is 19.2. The first-order valence-electron chi connectivity index (χ1n) is 13.3. The van der Waals surface area contributed by atoms with Crippen molar-refractivity contribution in [1.29, 1.82) is 0 Å². The topological polar surface area (TPSA) is 86.8 Å². The van der Waals surface area contributed by atoms with Crippen LogP contribution in [-0.2, 0) is 26.2 Å². The summed E-state index contributed by atoms with van der Waals surface area (Å²) in [5, 5.41) is 3.71. The largest absolute Gasteiger partial charge is 0.352 e. The highest BCUT2D eigenvalue weighted by atomic mass is 35.5. The summed E-state index contributed by atoms with van der Waals surface area (Å²) in [7, 11) is -4.18. The first kappa shape index (κ1) is 29.9. The fraction of sp³-hybridized carbons (Fsp3) is 0.333. The van der Waals surface area contributed by atoms with Crippen molar-refractivity contribution in [2.24, 2.45) is 0 Å². The minimum absolute atomic E-state index is 0.0171. The van der Waals surface area contributed by atoms with Gasteiger partial charge in [-0.15, -0.1) is 0 Å². The van der Waals surface area contributed by atoms with E-state index in [4.69, 9.17) is 23.2 Å². The Morgan fingerprint density at radius 3 is 2.12 bits per heavy atom. The van der Waals surface area contributed by atoms with Gasteiger partial charge in [0.25, 0.3) is 10.0 Å². The lowest BCUT2D eigenvalue weighted by atomic mass is 9.95. The number of rotatable bonds is 10. The van der Waals surface area contributed by atoms with E-state index in [1.54, 1.807) is 73.7 Å². The number of anilines is 1. The first-order valence-corrected chi connectivity index (χ1v) is 15.5. The summed E-state index contributed by atoms with van der Waals surface area (Å²) in [6.45, 7) is 1.12. The van der Waals surface area contributed by atoms with E-state index < -0.39 is 28.5 Å². The molecule has 0 saturated heterocycles. The molecule has 0 bridgehead atoms. The van der Waals surface area contributed by atoms with Crippen LogP contribution in [0.5, 0.6) is 0 Å². The van der Waals surface area contributed by atoms with E-state index in [1.807, 2.05) is 0 Å². The summed E-state index contributed by atoms with van der Waals surface area (Å²) in [5.74, 6) is -0.854. The van der Waals surface area contributed by atoms with Gasteiger partial charge in [-0.25, -0.2) is 8.42 Å². The fourth-order valence-electron chi connectivity index (χ4n) is 4.85. The Labute approximate surface area is 246 Å². The van der Waals surface area contributed by atoms with Gasteiger partial charge in [-0.05, 0) is 55.7 Å². The molecule has 40 heavy (non-hydrogen) atoms. The molecule has 0 unspecified atom stereocenters. The second-order valence-corrected chi connectivity index (χ2v) is 12.6. The second kappa shape index (κ2) is 13.5. The van der Waals surface area contributed by atoms with Crippen molar-refractivity contribution in [3.63, 3.8) is 0 Å². The van der Waals surface area contributed by atoms with Gasteiger partial charge in [0.1, 0.15) is 12.6 Å². The summed E-state index contributed by atoms with van der Waals surface area (Å²) >= 11 is 12.9. The highest BCUT2D eigenvalue weighted by molar-refractivity contribution is 7.92. The highest BCUT2D eigenvalue weighted by Crippen LogP contribution is 2.31. The van der Waals surface area contributed by atoms with Crippen LogP contribution in [0.3, 0.4) is 0 Å². The molecule has 4 rings (SSSR count). The summed E-state index contributed by atoms with van der Waals surface area (Å²) in [5.41, 5.74) is 0.809. The smallest absolute Gasteiger partial charge is 0.264 e. The zero-order chi connectivity index (χ0) is 28.7. The molecular formula is C30H33Cl2N3O4S. The van der Waals surface area contributed by atoms with E-state index in [1.165, 1.54) is 17.0 Å². The third kappa shape index (κ3) is 7.16. The number of nitrogens with zero attached hydrogens (tertiary/aromatic N) is 2. The van der Waals surface area contributed by atoms with Gasteiger partial charge in [-0.3, -0.25) is 13.9 Å². The summed E-state index contributed by atoms with van der Waals surface area (Å²) in [6, 6.07) is 20.6. The van der Waals surface area contributed by atoms with Crippen molar-refractivity contribution < 1.29 is 18.0 Å². The number of hydrogen-bond acceptors (Lipinski definition) is 4. The number of carbonyl (C=O) groups excluding carboxylic acids is 2. The normalized spacial score (nSPS) is 14.8. The molecule has 1 fully saturated rings. The molecule has 3 aromatic rings. The number of sulfonamides is 1. The van der Waals surface area contributed by atoms with Gasteiger partial charge in [-0.1, -0.05) is 91.0 Å². The lowest BCUT2D eigenvalue weighted by molar-refractivity contribution is -0.139. The maximum atomic E-state index is 14.0. The van der Waals surface area contributed by atoms with E-state index in [0.717, 1.165) is 36.4 Å². The van der Waals surface area contributed by atoms with Crippen molar-refractivity contribution in [3.8, 4) is 0 Å². The van der Waals surface area contributed by atoms with Gasteiger partial charge in [-0.2, -0.15) is 0 Å². The quantitative estimate of drug-likeness (QED) is 0.306. The molecule has 1 saturated carbocycles. The molecule has 0 heterocycles. The highest BCUT2D eigenvalue weighted by Gasteiger charge is 2.34. The molecule has 0 aromatic heterocycles. The molecule has 1 N–H and O–H groups in total. The Balaban J connectivity index is 1.68. The average Bonchev–Trinajstić information content (AvgIpc) is 2.96. The number of hydrogen-bond donors (Lipinski definition) is 1. The lowest BCUT2D eigenvalue weighted by Gasteiger charge is -2.33. The minimum atomic E-state index is -4.18. The van der Waals surface area contributed by atoms with E-state index >= 15 is 0 Å². The van der Waals surface area contributed by atoms with Crippen LogP contribution >= 0.6 is 23.2 Å². The van der Waals surface area contributed by atoms with Gasteiger partial charge < -0.3 is 10.2 Å². The van der Waals surface area contributed by atoms with Gasteiger partial charge >= 0.3 is 0 Å². The van der Waals surface area contributed by atoms with E-state index in [2.05, 4.69) is 5.32 Å². The van der Waals surface area contributed by atoms with Crippen molar-refractivity contribution >= 4 is 50.7 Å². The van der Waals surface area contributed by atoms with Gasteiger partial charge in [0.2, 0.25) is 11.8 Å². The zero-order valence-electron chi connectivity index (χ0n) is 22.3. The van der Waals surface area contributed by atoms with Crippen LogP contribution in [0.1, 0.15) is 44.6 Å². The average molecular weight is 603 g/mol. The molecule has 2 amide bonds. The maximum Gasteiger partial charge on any atom is 0.264 e. The van der Waals surface area contributed by atoms with Crippen LogP contribution in [0.15, 0.2) is 83.8 Å². The van der Waals surface area contributed by atoms with E-state index in [-0.39, 0.29) is 34.1 Å². The molecule has 10 heteroatoms. The van der Waals surface area contributed by atoms with Crippen molar-refractivity contribution in [1.82, 2.24) is 10.2 Å². The predicted molar refractivity (Wildman–Crippen MR) is 159 cm³/mol. The standard InChI is InChI=1S/C30H33Cl2N3O4S/c1-22(30(37)33-24-13-4-2-5-14-24)34(20-23-12-8-9-17-26(23)31)29(36)21-35(28-19-11-10-18-27(28)32)40(38,39)25-15-6-3-7-16-25/h3,6-12,15-19,22,24H,2,4-5,13-14,20-21H2,1H3,(H,33,37)/t22-/m1/s1. The van der Waals surface area contributed by atoms with Crippen molar-refractivity contribution in [3.05, 3.63) is 94.5 Å². The molecule has 0 radical (unpaired) electrons. The number of halogens is 2. The van der Waals surface area contributed by atoms with E-state index in [0.29, 0.717) is 10.6 Å². The minimum Gasteiger partial charge on any atom is -0.352 e. The summed E-state index contributed by atoms with van der Waals surface area (Å²) < 4.78 is 28.6. The number of nitrogens with one attached hydrogen (secondary N) is 1. The Morgan fingerprint density at radius 1 is 0.875 bits per heavy atom. The van der Waals surface area contributed by atoms with Gasteiger partial charge in [0, 0.05) is 17.6 Å². The van der Waals surface area contributed by atoms with Crippen LogP contribution in [0.2, 0.25) is 10.0 Å². The summed E-state index contributed by atoms with van der Waals surface area (Å²) in [4.78, 5) is 28.8. The third-order valence-electron chi connectivity index (χ3n) is 7.15. The van der Waals surface area contributed by atoms with Crippen LogP contribution in [0, 0.1) is 0 Å². The molecule has 1 aliphatic rings. The molecule has 0 spiro atoms. The molecule has 212 valence electrons. The number of amides is 2. The maximum absolute atomic E-state index is 14.0. The van der Waals surface area contributed by atoms with Crippen molar-refractivity contribution in [2.45, 2.75) is 62.6 Å². The molecule has 0 aliphatic heterocycles. The Hall–Kier alpha value is -3.07. The lowest BCUT2D eigenvalue weighted by Crippen LogP contribution is -2.53. The van der Waals surface area contributed by atoms with Crippen LogP contribution < -0.4 is 9.62 Å². The second-order valence-electron chi connectivity index (χ2n) is 9.91. The Morgan fingerprint density at radius 2 is 1.48 bits per heavy atom. The SMILES string of the molecule is C[C@H](C(=O)NC1CCCCC1)N(Cc1ccccc1Cl)C(=O)CN(c1ccccc1Cl)S(=O)(=O)c1ccccc1. The zero-order valence-corrected chi connectivity index (χ0v) is 24.6. The Bertz CT molecular complexity index is 1430. The Kier molecular flexibility index (Phi) is 10.1. The summed E-state index contributed by atoms with van der Waals surface area (Å²) in [6.07, 6.45) is 5.03. The number of benzene rings is 3. The predicted octanol–water partition coefficient (Wildman–Crippen LogP) is 6.05. The molecular weight excluding hydrogens is 569 g/mol. The molecule has 7 nitrogen and oxygen atoms in total. The fourth-order valence-corrected chi connectivity index (χ4v) is 6.79. The van der Waals surface area contributed by atoms with Crippen LogP contribution in [0.4, 0.5) is 5.69 Å². The van der Waals surface area contributed by atoms with Crippen LogP contribution in [-0.4, -0.2) is 43.8 Å². The van der Waals surface area contributed by atoms with Crippen molar-refractivity contribution in [2.75, 3.05) is 10.8 Å².